The maximum atomic E-state index is 12.3. The van der Waals surface area contributed by atoms with Crippen molar-refractivity contribution in [3.63, 3.8) is 0 Å². The second-order valence-corrected chi connectivity index (χ2v) is 5.18. The van der Waals surface area contributed by atoms with Crippen LogP contribution in [0.1, 0.15) is 6.92 Å². The van der Waals surface area contributed by atoms with E-state index < -0.39 is 6.10 Å². The van der Waals surface area contributed by atoms with Crippen molar-refractivity contribution in [2.75, 3.05) is 11.9 Å². The summed E-state index contributed by atoms with van der Waals surface area (Å²) < 4.78 is 11.1. The highest BCUT2D eigenvalue weighted by Gasteiger charge is 2.17. The number of ether oxygens (including phenoxy) is 2. The second-order valence-electron chi connectivity index (χ2n) is 4.78. The van der Waals surface area contributed by atoms with E-state index in [9.17, 15) is 4.79 Å². The number of hydrogen-bond donors (Lipinski definition) is 1. The monoisotopic (exact) mass is 331 g/mol. The molecular weight excluding hydrogens is 314 g/mol. The third-order valence-corrected chi connectivity index (χ3v) is 3.32. The van der Waals surface area contributed by atoms with Crippen molar-refractivity contribution in [1.82, 2.24) is 0 Å². The van der Waals surface area contributed by atoms with Crippen LogP contribution in [0.3, 0.4) is 0 Å². The molecule has 0 radical (unpaired) electrons. The molecule has 0 heterocycles. The van der Waals surface area contributed by atoms with Crippen LogP contribution >= 0.6 is 11.6 Å². The number of carbonyl (C=O) groups excluding carboxylic acids is 1. The molecule has 1 atom stereocenters. The van der Waals surface area contributed by atoms with Crippen molar-refractivity contribution in [2.24, 2.45) is 0 Å². The standard InChI is InChI=1S/C18H18ClNO3/c1-3-12-22-17-11-7-5-9-15(17)20-18(21)13(2)23-16-10-6-4-8-14(16)19/h3-11,13H,1,12H2,2H3,(H,20,21). The largest absolute Gasteiger partial charge is 0.487 e. The third-order valence-electron chi connectivity index (χ3n) is 3.01. The summed E-state index contributed by atoms with van der Waals surface area (Å²) in [6.07, 6.45) is 0.934. The minimum atomic E-state index is -0.706. The third kappa shape index (κ3) is 4.76. The minimum Gasteiger partial charge on any atom is -0.487 e. The number of amides is 1. The smallest absolute Gasteiger partial charge is 0.265 e. The Morgan fingerprint density at radius 3 is 2.57 bits per heavy atom. The molecule has 2 rings (SSSR count). The first-order valence-electron chi connectivity index (χ1n) is 7.16. The van der Waals surface area contributed by atoms with Crippen molar-refractivity contribution in [1.29, 1.82) is 0 Å². The van der Waals surface area contributed by atoms with Crippen LogP contribution in [0, 0.1) is 0 Å². The molecule has 0 bridgehead atoms. The van der Waals surface area contributed by atoms with Gasteiger partial charge in [-0.1, -0.05) is 48.5 Å². The van der Waals surface area contributed by atoms with Gasteiger partial charge in [-0.25, -0.2) is 0 Å². The topological polar surface area (TPSA) is 47.6 Å². The Balaban J connectivity index is 2.04. The lowest BCUT2D eigenvalue weighted by atomic mass is 10.2. The SMILES string of the molecule is C=CCOc1ccccc1NC(=O)C(C)Oc1ccccc1Cl. The summed E-state index contributed by atoms with van der Waals surface area (Å²) in [6.45, 7) is 5.62. The number of halogens is 1. The number of hydrogen-bond acceptors (Lipinski definition) is 3. The first-order chi connectivity index (χ1) is 11.1. The molecular formula is C18H18ClNO3. The van der Waals surface area contributed by atoms with Crippen molar-refractivity contribution >= 4 is 23.2 Å². The molecule has 1 amide bonds. The molecule has 120 valence electrons. The van der Waals surface area contributed by atoms with Crippen LogP contribution in [-0.2, 0) is 4.79 Å². The molecule has 0 aliphatic heterocycles. The summed E-state index contributed by atoms with van der Waals surface area (Å²) in [5, 5.41) is 3.25. The lowest BCUT2D eigenvalue weighted by molar-refractivity contribution is -0.122. The Bertz CT molecular complexity index is 687. The Kier molecular flexibility index (Phi) is 6.06. The van der Waals surface area contributed by atoms with Crippen molar-refractivity contribution in [2.45, 2.75) is 13.0 Å². The van der Waals surface area contributed by atoms with E-state index in [1.165, 1.54) is 0 Å². The van der Waals surface area contributed by atoms with Crippen molar-refractivity contribution in [3.05, 3.63) is 66.2 Å². The Hall–Kier alpha value is -2.46. The van der Waals surface area contributed by atoms with Gasteiger partial charge < -0.3 is 14.8 Å². The zero-order valence-electron chi connectivity index (χ0n) is 12.8. The van der Waals surface area contributed by atoms with Gasteiger partial charge in [-0.3, -0.25) is 4.79 Å². The van der Waals surface area contributed by atoms with Gasteiger partial charge >= 0.3 is 0 Å². The van der Waals surface area contributed by atoms with Crippen molar-refractivity contribution < 1.29 is 14.3 Å². The van der Waals surface area contributed by atoms with Gasteiger partial charge in [-0.15, -0.1) is 0 Å². The number of benzene rings is 2. The van der Waals surface area contributed by atoms with E-state index in [0.29, 0.717) is 28.8 Å². The van der Waals surface area contributed by atoms with Crippen LogP contribution < -0.4 is 14.8 Å². The maximum Gasteiger partial charge on any atom is 0.265 e. The van der Waals surface area contributed by atoms with Gasteiger partial charge in [0.25, 0.3) is 5.91 Å². The van der Waals surface area contributed by atoms with Crippen LogP contribution in [-0.4, -0.2) is 18.6 Å². The molecule has 0 spiro atoms. The summed E-state index contributed by atoms with van der Waals surface area (Å²) in [6, 6.07) is 14.2. The summed E-state index contributed by atoms with van der Waals surface area (Å²) >= 11 is 6.03. The highest BCUT2D eigenvalue weighted by Crippen LogP contribution is 2.26. The summed E-state index contributed by atoms with van der Waals surface area (Å²) in [7, 11) is 0. The fourth-order valence-corrected chi connectivity index (χ4v) is 2.04. The van der Waals surface area contributed by atoms with Gasteiger partial charge in [0, 0.05) is 0 Å². The van der Waals surface area contributed by atoms with Crippen LogP contribution in [0.25, 0.3) is 0 Å². The molecule has 0 aliphatic rings. The van der Waals surface area contributed by atoms with Gasteiger partial charge in [0.1, 0.15) is 18.1 Å². The lowest BCUT2D eigenvalue weighted by Gasteiger charge is -2.17. The van der Waals surface area contributed by atoms with E-state index in [2.05, 4.69) is 11.9 Å². The first kappa shape index (κ1) is 16.9. The van der Waals surface area contributed by atoms with Crippen LogP contribution in [0.15, 0.2) is 61.2 Å². The van der Waals surface area contributed by atoms with Gasteiger partial charge in [0.2, 0.25) is 0 Å². The second kappa shape index (κ2) is 8.25. The zero-order chi connectivity index (χ0) is 16.7. The number of para-hydroxylation sites is 3. The molecule has 1 unspecified atom stereocenters. The Morgan fingerprint density at radius 1 is 1.22 bits per heavy atom. The maximum absolute atomic E-state index is 12.3. The molecule has 2 aromatic rings. The fourth-order valence-electron chi connectivity index (χ4n) is 1.86. The summed E-state index contributed by atoms with van der Waals surface area (Å²) in [5.41, 5.74) is 0.578. The van der Waals surface area contributed by atoms with Gasteiger partial charge in [-0.2, -0.15) is 0 Å². The number of nitrogens with one attached hydrogen (secondary N) is 1. The van der Waals surface area contributed by atoms with E-state index in [-0.39, 0.29) is 5.91 Å². The van der Waals surface area contributed by atoms with E-state index in [1.807, 2.05) is 12.1 Å². The van der Waals surface area contributed by atoms with Crippen LogP contribution in [0.5, 0.6) is 11.5 Å². The Morgan fingerprint density at radius 2 is 1.87 bits per heavy atom. The number of anilines is 1. The molecule has 1 N–H and O–H groups in total. The lowest BCUT2D eigenvalue weighted by Crippen LogP contribution is -2.30. The van der Waals surface area contributed by atoms with E-state index in [0.717, 1.165) is 0 Å². The average Bonchev–Trinajstić information content (AvgIpc) is 2.56. The molecule has 0 saturated carbocycles. The predicted molar refractivity (Wildman–Crippen MR) is 92.3 cm³/mol. The van der Waals surface area contributed by atoms with Gasteiger partial charge in [0.05, 0.1) is 10.7 Å². The molecule has 0 fully saturated rings. The molecule has 2 aromatic carbocycles. The van der Waals surface area contributed by atoms with Crippen LogP contribution in [0.2, 0.25) is 5.02 Å². The molecule has 0 aromatic heterocycles. The molecule has 5 heteroatoms. The Labute approximate surface area is 140 Å². The zero-order valence-corrected chi connectivity index (χ0v) is 13.5. The number of carbonyl (C=O) groups is 1. The molecule has 0 aliphatic carbocycles. The minimum absolute atomic E-state index is 0.292. The molecule has 0 saturated heterocycles. The van der Waals surface area contributed by atoms with Gasteiger partial charge in [-0.05, 0) is 31.2 Å². The van der Waals surface area contributed by atoms with E-state index in [4.69, 9.17) is 21.1 Å². The predicted octanol–water partition coefficient (Wildman–Crippen LogP) is 4.31. The fraction of sp³-hybridized carbons (Fsp3) is 0.167. The van der Waals surface area contributed by atoms with E-state index in [1.54, 1.807) is 49.4 Å². The van der Waals surface area contributed by atoms with Crippen molar-refractivity contribution in [3.8, 4) is 11.5 Å². The number of rotatable bonds is 7. The molecule has 23 heavy (non-hydrogen) atoms. The van der Waals surface area contributed by atoms with E-state index >= 15 is 0 Å². The highest BCUT2D eigenvalue weighted by atomic mass is 35.5. The average molecular weight is 332 g/mol. The van der Waals surface area contributed by atoms with Crippen LogP contribution in [0.4, 0.5) is 5.69 Å². The highest BCUT2D eigenvalue weighted by molar-refractivity contribution is 6.32. The summed E-state index contributed by atoms with van der Waals surface area (Å²) in [4.78, 5) is 12.3. The quantitative estimate of drug-likeness (QED) is 0.769. The van der Waals surface area contributed by atoms with Gasteiger partial charge in [0.15, 0.2) is 6.10 Å². The first-order valence-corrected chi connectivity index (χ1v) is 7.54. The normalized spacial score (nSPS) is 11.4. The molecule has 4 nitrogen and oxygen atoms in total. The summed E-state index contributed by atoms with van der Waals surface area (Å²) in [5.74, 6) is 0.748.